The van der Waals surface area contributed by atoms with Crippen molar-refractivity contribution in [2.75, 3.05) is 31.1 Å². The number of anilines is 1. The van der Waals surface area contributed by atoms with Gasteiger partial charge in [-0.05, 0) is 56.2 Å². The molecule has 0 spiro atoms. The van der Waals surface area contributed by atoms with E-state index >= 15 is 0 Å². The monoisotopic (exact) mass is 431 g/mol. The van der Waals surface area contributed by atoms with Gasteiger partial charge in [0, 0.05) is 48.9 Å². The van der Waals surface area contributed by atoms with Crippen molar-refractivity contribution in [3.63, 3.8) is 0 Å². The molecule has 164 valence electrons. The summed E-state index contributed by atoms with van der Waals surface area (Å²) in [5.41, 5.74) is 5.17. The van der Waals surface area contributed by atoms with Crippen LogP contribution in [-0.2, 0) is 0 Å². The van der Waals surface area contributed by atoms with E-state index in [1.807, 2.05) is 18.2 Å². The van der Waals surface area contributed by atoms with Gasteiger partial charge in [-0.25, -0.2) is 0 Å². The zero-order chi connectivity index (χ0) is 22.8. The van der Waals surface area contributed by atoms with Gasteiger partial charge in [0.05, 0.1) is 10.6 Å². The average molecular weight is 431 g/mol. The van der Waals surface area contributed by atoms with E-state index < -0.39 is 4.92 Å². The Morgan fingerprint density at radius 3 is 2.22 bits per heavy atom. The largest absolute Gasteiger partial charge is 0.352 e. The van der Waals surface area contributed by atoms with Gasteiger partial charge >= 0.3 is 0 Å². The molecule has 0 radical (unpaired) electrons. The number of nitrogens with zero attached hydrogens (tertiary/aromatic N) is 5. The number of hydrogen-bond donors (Lipinski definition) is 0. The van der Waals surface area contributed by atoms with Crippen LogP contribution in [0.4, 0.5) is 11.5 Å². The minimum absolute atomic E-state index is 0.0337. The number of carbonyl (C=O) groups is 1. The maximum atomic E-state index is 12.8. The normalized spacial score (nSPS) is 13.8. The van der Waals surface area contributed by atoms with Crippen LogP contribution in [-0.4, -0.2) is 52.1 Å². The summed E-state index contributed by atoms with van der Waals surface area (Å²) in [7, 11) is 0. The van der Waals surface area contributed by atoms with Gasteiger partial charge in [0.2, 0.25) is 0 Å². The molecular weight excluding hydrogens is 406 g/mol. The molecule has 3 aromatic rings. The quantitative estimate of drug-likeness (QED) is 0.459. The van der Waals surface area contributed by atoms with Gasteiger partial charge < -0.3 is 9.80 Å². The van der Waals surface area contributed by atoms with E-state index in [0.29, 0.717) is 37.3 Å². The van der Waals surface area contributed by atoms with E-state index in [1.165, 1.54) is 17.2 Å². The van der Waals surface area contributed by atoms with Crippen molar-refractivity contribution in [3.05, 3.63) is 80.9 Å². The Morgan fingerprint density at radius 1 is 0.875 bits per heavy atom. The van der Waals surface area contributed by atoms with Gasteiger partial charge in [0.15, 0.2) is 5.82 Å². The van der Waals surface area contributed by atoms with E-state index in [4.69, 9.17) is 0 Å². The number of piperazine rings is 1. The van der Waals surface area contributed by atoms with Crippen LogP contribution in [0.15, 0.2) is 48.5 Å². The van der Waals surface area contributed by atoms with Gasteiger partial charge in [0.1, 0.15) is 0 Å². The summed E-state index contributed by atoms with van der Waals surface area (Å²) in [5.74, 6) is 0.583. The van der Waals surface area contributed by atoms with Crippen LogP contribution < -0.4 is 4.90 Å². The third kappa shape index (κ3) is 4.30. The summed E-state index contributed by atoms with van der Waals surface area (Å²) < 4.78 is 0. The molecule has 0 atom stereocenters. The van der Waals surface area contributed by atoms with Gasteiger partial charge in [-0.2, -0.15) is 0 Å². The number of carbonyl (C=O) groups excluding carboxylic acids is 1. The Bertz CT molecular complexity index is 1170. The average Bonchev–Trinajstić information content (AvgIpc) is 2.81. The predicted octanol–water partition coefficient (Wildman–Crippen LogP) is 3.94. The van der Waals surface area contributed by atoms with Crippen molar-refractivity contribution in [2.45, 2.75) is 20.8 Å². The molecule has 1 fully saturated rings. The van der Waals surface area contributed by atoms with Crippen molar-refractivity contribution in [1.82, 2.24) is 15.1 Å². The van der Waals surface area contributed by atoms with Crippen LogP contribution in [0.2, 0.25) is 0 Å². The summed E-state index contributed by atoms with van der Waals surface area (Å²) in [6.45, 7) is 8.10. The van der Waals surface area contributed by atoms with Gasteiger partial charge in [-0.15, -0.1) is 10.2 Å². The molecule has 0 aliphatic carbocycles. The highest BCUT2D eigenvalue weighted by molar-refractivity contribution is 5.95. The van der Waals surface area contributed by atoms with E-state index in [-0.39, 0.29) is 11.6 Å². The van der Waals surface area contributed by atoms with Crippen molar-refractivity contribution in [1.29, 1.82) is 0 Å². The highest BCUT2D eigenvalue weighted by Crippen LogP contribution is 2.23. The summed E-state index contributed by atoms with van der Waals surface area (Å²) >= 11 is 0. The molecule has 1 aliphatic rings. The van der Waals surface area contributed by atoms with Crippen LogP contribution in [0.5, 0.6) is 0 Å². The molecule has 1 saturated heterocycles. The first-order valence-electron chi connectivity index (χ1n) is 10.5. The van der Waals surface area contributed by atoms with Gasteiger partial charge in [-0.3, -0.25) is 14.9 Å². The molecule has 2 aromatic carbocycles. The highest BCUT2D eigenvalue weighted by atomic mass is 16.6. The summed E-state index contributed by atoms with van der Waals surface area (Å²) in [6.07, 6.45) is 0. The number of benzene rings is 2. The Kier molecular flexibility index (Phi) is 5.85. The van der Waals surface area contributed by atoms with Crippen LogP contribution in [0.1, 0.15) is 27.0 Å². The smallest absolute Gasteiger partial charge is 0.273 e. The number of aryl methyl sites for hydroxylation is 3. The van der Waals surface area contributed by atoms with Crippen molar-refractivity contribution < 1.29 is 9.72 Å². The number of aromatic nitrogens is 2. The zero-order valence-corrected chi connectivity index (χ0v) is 18.4. The summed E-state index contributed by atoms with van der Waals surface area (Å²) in [5, 5.41) is 20.0. The lowest BCUT2D eigenvalue weighted by atomic mass is 10.0. The SMILES string of the molecule is Cc1ccc(-c2ccc(N3CCN(C(=O)c4ccc(C)c([N+](=O)[O-])c4)CC3)nn2)cc1C. The van der Waals surface area contributed by atoms with Crippen molar-refractivity contribution in [2.24, 2.45) is 0 Å². The summed E-state index contributed by atoms with van der Waals surface area (Å²) in [4.78, 5) is 27.4. The third-order valence-corrected chi connectivity index (χ3v) is 6.00. The van der Waals surface area contributed by atoms with Crippen LogP contribution >= 0.6 is 0 Å². The Morgan fingerprint density at radius 2 is 1.59 bits per heavy atom. The van der Waals surface area contributed by atoms with E-state index in [2.05, 4.69) is 41.1 Å². The lowest BCUT2D eigenvalue weighted by molar-refractivity contribution is -0.385. The maximum Gasteiger partial charge on any atom is 0.273 e. The standard InChI is InChI=1S/C24H25N5O3/c1-16-4-6-19(14-18(16)3)21-8-9-23(26-25-21)27-10-12-28(13-11-27)24(30)20-7-5-17(2)22(15-20)29(31)32/h4-9,14-15H,10-13H2,1-3H3. The number of nitro benzene ring substituents is 1. The van der Waals surface area contributed by atoms with Gasteiger partial charge in [-0.1, -0.05) is 18.2 Å². The fourth-order valence-electron chi connectivity index (χ4n) is 3.81. The maximum absolute atomic E-state index is 12.8. The first kappa shape index (κ1) is 21.4. The van der Waals surface area contributed by atoms with Crippen molar-refractivity contribution >= 4 is 17.4 Å². The van der Waals surface area contributed by atoms with Crippen LogP contribution in [0.3, 0.4) is 0 Å². The molecule has 0 saturated carbocycles. The first-order chi connectivity index (χ1) is 15.3. The number of amides is 1. The third-order valence-electron chi connectivity index (χ3n) is 6.00. The number of hydrogen-bond acceptors (Lipinski definition) is 6. The second kappa shape index (κ2) is 8.74. The fraction of sp³-hybridized carbons (Fsp3) is 0.292. The molecule has 32 heavy (non-hydrogen) atoms. The molecule has 0 N–H and O–H groups in total. The first-order valence-corrected chi connectivity index (χ1v) is 10.5. The molecule has 1 amide bonds. The molecule has 1 aliphatic heterocycles. The predicted molar refractivity (Wildman–Crippen MR) is 123 cm³/mol. The molecule has 0 bridgehead atoms. The van der Waals surface area contributed by atoms with E-state index in [0.717, 1.165) is 17.1 Å². The van der Waals surface area contributed by atoms with E-state index in [9.17, 15) is 14.9 Å². The molecule has 2 heterocycles. The topological polar surface area (TPSA) is 92.5 Å². The Balaban J connectivity index is 1.41. The Labute approximate surface area is 186 Å². The summed E-state index contributed by atoms with van der Waals surface area (Å²) in [6, 6.07) is 14.8. The molecule has 0 unspecified atom stereocenters. The zero-order valence-electron chi connectivity index (χ0n) is 18.4. The van der Waals surface area contributed by atoms with E-state index in [1.54, 1.807) is 24.0 Å². The molecule has 1 aromatic heterocycles. The molecule has 8 heteroatoms. The lowest BCUT2D eigenvalue weighted by Gasteiger charge is -2.35. The van der Waals surface area contributed by atoms with Gasteiger partial charge in [0.25, 0.3) is 11.6 Å². The number of rotatable bonds is 4. The molecule has 8 nitrogen and oxygen atoms in total. The van der Waals surface area contributed by atoms with Crippen molar-refractivity contribution in [3.8, 4) is 11.3 Å². The second-order valence-electron chi connectivity index (χ2n) is 8.11. The Hall–Kier alpha value is -3.81. The minimum atomic E-state index is -0.454. The fourth-order valence-corrected chi connectivity index (χ4v) is 3.81. The highest BCUT2D eigenvalue weighted by Gasteiger charge is 2.24. The number of nitro groups is 1. The molecule has 4 rings (SSSR count). The van der Waals surface area contributed by atoms with Crippen LogP contribution in [0, 0.1) is 30.9 Å². The van der Waals surface area contributed by atoms with Crippen LogP contribution in [0.25, 0.3) is 11.3 Å². The lowest BCUT2D eigenvalue weighted by Crippen LogP contribution is -2.49. The minimum Gasteiger partial charge on any atom is -0.352 e. The second-order valence-corrected chi connectivity index (χ2v) is 8.11. The molecular formula is C24H25N5O3.